The Labute approximate surface area is 81.4 Å². The Hall–Kier alpha value is -0.260. The predicted octanol–water partition coefficient (Wildman–Crippen LogP) is 3.63. The molecule has 3 rings (SSSR count). The third-order valence-electron chi connectivity index (χ3n) is 5.19. The molecule has 0 aromatic rings. The minimum Gasteiger partial charge on any atom is -0.0845 e. The van der Waals surface area contributed by atoms with E-state index in [-0.39, 0.29) is 0 Å². The van der Waals surface area contributed by atoms with Crippen LogP contribution in [0.5, 0.6) is 0 Å². The van der Waals surface area contributed by atoms with Crippen molar-refractivity contribution in [1.29, 1.82) is 0 Å². The van der Waals surface area contributed by atoms with Gasteiger partial charge >= 0.3 is 0 Å². The number of hydrogen-bond donors (Lipinski definition) is 0. The molecule has 2 fully saturated rings. The van der Waals surface area contributed by atoms with Crippen LogP contribution in [0.3, 0.4) is 0 Å². The van der Waals surface area contributed by atoms with Crippen molar-refractivity contribution in [2.75, 3.05) is 0 Å². The lowest BCUT2D eigenvalue weighted by molar-refractivity contribution is 0.192. The van der Waals surface area contributed by atoms with Crippen LogP contribution in [0.4, 0.5) is 0 Å². The Morgan fingerprint density at radius 2 is 2.23 bits per heavy atom. The molecule has 2 saturated carbocycles. The first-order valence-corrected chi connectivity index (χ1v) is 5.96. The van der Waals surface area contributed by atoms with E-state index in [1.165, 1.54) is 25.7 Å². The van der Waals surface area contributed by atoms with Crippen molar-refractivity contribution < 1.29 is 0 Å². The standard InChI is InChI=1S/C13H20/c1-3-13-7-6-10(8-13)11-5-4-9(2)12(11)13/h6-7,9-12H,3-5,8H2,1-2H3/t9?,10?,11?,12?,13-/m1/s1. The average molecular weight is 176 g/mol. The van der Waals surface area contributed by atoms with Gasteiger partial charge in [0.2, 0.25) is 0 Å². The smallest absolute Gasteiger partial charge is 0.00814 e. The number of rotatable bonds is 1. The van der Waals surface area contributed by atoms with E-state index in [9.17, 15) is 0 Å². The van der Waals surface area contributed by atoms with Crippen molar-refractivity contribution in [2.45, 2.75) is 39.5 Å². The molecule has 4 unspecified atom stereocenters. The fourth-order valence-corrected chi connectivity index (χ4v) is 4.64. The first-order valence-electron chi connectivity index (χ1n) is 5.96. The highest BCUT2D eigenvalue weighted by atomic mass is 14.6. The molecule has 3 aliphatic rings. The molecular weight excluding hydrogens is 156 g/mol. The molecule has 5 atom stereocenters. The zero-order valence-electron chi connectivity index (χ0n) is 8.79. The molecule has 0 spiro atoms. The van der Waals surface area contributed by atoms with Crippen molar-refractivity contribution in [2.24, 2.45) is 29.1 Å². The van der Waals surface area contributed by atoms with Crippen LogP contribution in [-0.2, 0) is 0 Å². The van der Waals surface area contributed by atoms with Crippen molar-refractivity contribution in [1.82, 2.24) is 0 Å². The molecule has 0 saturated heterocycles. The van der Waals surface area contributed by atoms with Crippen LogP contribution in [0.2, 0.25) is 0 Å². The maximum Gasteiger partial charge on any atom is -0.00814 e. The first-order chi connectivity index (χ1) is 6.27. The van der Waals surface area contributed by atoms with Crippen LogP contribution in [0, 0.1) is 29.1 Å². The molecule has 0 heterocycles. The quantitative estimate of drug-likeness (QED) is 0.535. The second kappa shape index (κ2) is 2.40. The van der Waals surface area contributed by atoms with E-state index < -0.39 is 0 Å². The van der Waals surface area contributed by atoms with Gasteiger partial charge in [0.25, 0.3) is 0 Å². The molecule has 13 heavy (non-hydrogen) atoms. The van der Waals surface area contributed by atoms with E-state index in [0.29, 0.717) is 5.41 Å². The molecule has 0 aromatic heterocycles. The largest absolute Gasteiger partial charge is 0.0845 e. The molecule has 3 aliphatic carbocycles. The molecule has 2 bridgehead atoms. The van der Waals surface area contributed by atoms with Crippen LogP contribution in [0.25, 0.3) is 0 Å². The lowest BCUT2D eigenvalue weighted by Crippen LogP contribution is -2.28. The van der Waals surface area contributed by atoms with Gasteiger partial charge in [0.15, 0.2) is 0 Å². The highest BCUT2D eigenvalue weighted by Crippen LogP contribution is 2.65. The minimum absolute atomic E-state index is 0.644. The monoisotopic (exact) mass is 176 g/mol. The Bertz CT molecular complexity index is 253. The number of hydrogen-bond acceptors (Lipinski definition) is 0. The maximum atomic E-state index is 2.57. The van der Waals surface area contributed by atoms with E-state index >= 15 is 0 Å². The van der Waals surface area contributed by atoms with Gasteiger partial charge in [-0.05, 0) is 48.3 Å². The summed E-state index contributed by atoms with van der Waals surface area (Å²) in [6.07, 6.45) is 11.0. The summed E-state index contributed by atoms with van der Waals surface area (Å²) in [5.41, 5.74) is 0.644. The number of fused-ring (bicyclic) bond motifs is 5. The lowest BCUT2D eigenvalue weighted by Gasteiger charge is -2.34. The summed E-state index contributed by atoms with van der Waals surface area (Å²) < 4.78 is 0. The van der Waals surface area contributed by atoms with Crippen LogP contribution >= 0.6 is 0 Å². The minimum atomic E-state index is 0.644. The van der Waals surface area contributed by atoms with Crippen LogP contribution in [0.1, 0.15) is 39.5 Å². The van der Waals surface area contributed by atoms with E-state index in [4.69, 9.17) is 0 Å². The second-order valence-electron chi connectivity index (χ2n) is 5.56. The van der Waals surface area contributed by atoms with Gasteiger partial charge in [-0.3, -0.25) is 0 Å². The topological polar surface area (TPSA) is 0 Å². The highest BCUT2D eigenvalue weighted by molar-refractivity contribution is 5.23. The molecule has 0 heteroatoms. The van der Waals surface area contributed by atoms with Gasteiger partial charge in [-0.15, -0.1) is 0 Å². The Morgan fingerprint density at radius 1 is 1.38 bits per heavy atom. The SMILES string of the molecule is CC[C@@]12C=CC(C1)C1CCC(C)C12. The predicted molar refractivity (Wildman–Crippen MR) is 55.3 cm³/mol. The molecule has 0 nitrogen and oxygen atoms in total. The van der Waals surface area contributed by atoms with E-state index in [0.717, 1.165) is 23.7 Å². The lowest BCUT2D eigenvalue weighted by atomic mass is 9.70. The van der Waals surface area contributed by atoms with E-state index in [1.54, 1.807) is 0 Å². The first kappa shape index (κ1) is 8.08. The third kappa shape index (κ3) is 0.825. The summed E-state index contributed by atoms with van der Waals surface area (Å²) in [6.45, 7) is 4.87. The van der Waals surface area contributed by atoms with Crippen molar-refractivity contribution in [3.63, 3.8) is 0 Å². The van der Waals surface area contributed by atoms with E-state index in [2.05, 4.69) is 26.0 Å². The summed E-state index contributed by atoms with van der Waals surface area (Å²) in [5.74, 6) is 4.09. The second-order valence-corrected chi connectivity index (χ2v) is 5.56. The van der Waals surface area contributed by atoms with Crippen LogP contribution in [-0.4, -0.2) is 0 Å². The molecule has 72 valence electrons. The van der Waals surface area contributed by atoms with Crippen molar-refractivity contribution in [3.8, 4) is 0 Å². The van der Waals surface area contributed by atoms with Gasteiger partial charge in [-0.1, -0.05) is 32.4 Å². The van der Waals surface area contributed by atoms with E-state index in [1.807, 2.05) is 0 Å². The zero-order chi connectivity index (χ0) is 9.05. The van der Waals surface area contributed by atoms with Gasteiger partial charge in [-0.2, -0.15) is 0 Å². The highest BCUT2D eigenvalue weighted by Gasteiger charge is 2.57. The number of allylic oxidation sites excluding steroid dienone is 2. The Balaban J connectivity index is 2.01. The van der Waals surface area contributed by atoms with Crippen LogP contribution < -0.4 is 0 Å². The van der Waals surface area contributed by atoms with Crippen molar-refractivity contribution >= 4 is 0 Å². The molecule has 0 aromatic carbocycles. The Morgan fingerprint density at radius 3 is 3.00 bits per heavy atom. The summed E-state index contributed by atoms with van der Waals surface area (Å²) in [5, 5.41) is 0. The molecular formula is C13H20. The zero-order valence-corrected chi connectivity index (χ0v) is 8.79. The van der Waals surface area contributed by atoms with Gasteiger partial charge in [0.1, 0.15) is 0 Å². The average Bonchev–Trinajstić information content (AvgIpc) is 2.76. The molecule has 0 radical (unpaired) electrons. The fraction of sp³-hybridized carbons (Fsp3) is 0.846. The normalized spacial score (nSPS) is 57.4. The summed E-state index contributed by atoms with van der Waals surface area (Å²) in [4.78, 5) is 0. The Kier molecular flexibility index (Phi) is 1.49. The van der Waals surface area contributed by atoms with Crippen molar-refractivity contribution in [3.05, 3.63) is 12.2 Å². The van der Waals surface area contributed by atoms with Gasteiger partial charge in [-0.25, -0.2) is 0 Å². The molecule has 0 N–H and O–H groups in total. The van der Waals surface area contributed by atoms with Gasteiger partial charge < -0.3 is 0 Å². The fourth-order valence-electron chi connectivity index (χ4n) is 4.64. The van der Waals surface area contributed by atoms with Crippen LogP contribution in [0.15, 0.2) is 12.2 Å². The summed E-state index contributed by atoms with van der Waals surface area (Å²) >= 11 is 0. The third-order valence-corrected chi connectivity index (χ3v) is 5.19. The summed E-state index contributed by atoms with van der Waals surface area (Å²) in [6, 6.07) is 0. The molecule has 0 amide bonds. The van der Waals surface area contributed by atoms with Gasteiger partial charge in [0, 0.05) is 0 Å². The summed E-state index contributed by atoms with van der Waals surface area (Å²) in [7, 11) is 0. The maximum absolute atomic E-state index is 2.57. The van der Waals surface area contributed by atoms with Gasteiger partial charge in [0.05, 0.1) is 0 Å². The molecule has 0 aliphatic heterocycles.